The number of amides is 5. The molecule has 10 aromatic carbocycles. The van der Waals surface area contributed by atoms with E-state index >= 15 is 0 Å². The van der Waals surface area contributed by atoms with Crippen molar-refractivity contribution in [1.82, 2.24) is 48.1 Å². The standard InChI is InChI=1S/C19H21NO3.C19H23NO2.C18H21N3O3.C18H22N2O2.C11H15NO2.C9H10O.C6H15N.C2H4O.5C2H6.H3NO2/c1-23-19(22)17(12-15-8-4-2-5-9-15)14-20-18(21)13-16-10-6-3-7-11-16;1-22-19(21)18(14-17-10-6-3-7-11-17)15-20-13-12-16-8-4-2-5-9-16;22-17(21-24)16(11-14-7-3-1-4-8-14)13-20-18(23)19-12-15-9-5-2-6-10-15;21-18(20-22)17(13-16-9-5-2-6-10-16)14-19-12-11-15-7-3-1-4-8-15;1-14-11(13)10(8-12)7-9-5-3-2-4-6-9;1-8(10)7-9-5-3-2-4-6-9;1-4-7(5-2)6-3;1-2-3;5*1-2;2-1-3/h2-11,17H,12-14H2,1H3,(H,20,21);2-11,18,20H,12-15H2,1H3;1-10,16,24H,11-13H2,(H,21,22)(H2,19,20,23);1-10,17,19,22H,11-14H2,(H,20,21);2-6,10H,7-8,12H2,1H3;2-6H,7H2,1H3;4-6H2,1-3H3;2H,1H3;5*1-2H3;1-3H. The number of esters is 3. The van der Waals surface area contributed by atoms with Gasteiger partial charge in [0.1, 0.15) is 12.1 Å². The number of aldehydes is 1. The average molecular weight is 1910 g/mol. The van der Waals surface area contributed by atoms with E-state index in [1.165, 1.54) is 59.0 Å². The highest BCUT2D eigenvalue weighted by Gasteiger charge is 2.24. The SMILES string of the molecule is CC.CC.CC.CC.CC.CC(=O)Cc1ccccc1.CC=O.CCN(CC)CC.COC(=O)C(CN)Cc1ccccc1.COC(=O)C(CNC(=O)Cc1ccccc1)Cc1ccccc1.COC(=O)C(CNCCc1ccccc1)Cc1ccccc1.O=C(NCc1ccccc1)NCC(Cc1ccccc1)C(=O)NO.O=C(NO)C(CNCCc1ccccc1)Cc1ccccc1.ONO. The highest BCUT2D eigenvalue weighted by atomic mass is 16.7. The van der Waals surface area contributed by atoms with Crippen molar-refractivity contribution in [2.24, 2.45) is 35.3 Å². The molecule has 0 aliphatic rings. The number of hydrogen-bond donors (Lipinski definition) is 13. The Morgan fingerprint density at radius 1 is 0.333 bits per heavy atom. The lowest BCUT2D eigenvalue weighted by Gasteiger charge is -2.16. The van der Waals surface area contributed by atoms with Crippen LogP contribution in [0.15, 0.2) is 303 Å². The molecular formula is C112H164N10O16. The molecule has 10 rings (SSSR count). The third-order valence-electron chi connectivity index (χ3n) is 19.3. The van der Waals surface area contributed by atoms with Gasteiger partial charge in [-0.2, -0.15) is 0 Å². The molecule has 0 radical (unpaired) electrons. The molecule has 0 aromatic heterocycles. The van der Waals surface area contributed by atoms with Gasteiger partial charge < -0.3 is 56.2 Å². The van der Waals surface area contributed by atoms with Crippen LogP contribution in [0.4, 0.5) is 4.79 Å². The molecule has 0 bridgehead atoms. The van der Waals surface area contributed by atoms with E-state index < -0.39 is 11.8 Å². The van der Waals surface area contributed by atoms with Crippen molar-refractivity contribution in [1.29, 1.82) is 0 Å². The zero-order valence-corrected chi connectivity index (χ0v) is 85.2. The minimum Gasteiger partial charge on any atom is -0.469 e. The number of benzene rings is 10. The Kier molecular flexibility index (Phi) is 90.2. The lowest BCUT2D eigenvalue weighted by atomic mass is 9.98. The second-order valence-corrected chi connectivity index (χ2v) is 28.9. The summed E-state index contributed by atoms with van der Waals surface area (Å²) in [7, 11) is 4.20. The van der Waals surface area contributed by atoms with Crippen molar-refractivity contribution in [3.05, 3.63) is 359 Å². The Balaban J connectivity index is -0.000000756. The van der Waals surface area contributed by atoms with Gasteiger partial charge in [0.2, 0.25) is 17.7 Å². The molecule has 0 aliphatic carbocycles. The van der Waals surface area contributed by atoms with E-state index in [1.807, 2.05) is 348 Å². The molecule has 5 atom stereocenters. The molecule has 10 aromatic rings. The Labute approximate surface area is 824 Å². The van der Waals surface area contributed by atoms with Gasteiger partial charge in [0, 0.05) is 45.7 Å². The van der Waals surface area contributed by atoms with Crippen molar-refractivity contribution in [2.45, 2.75) is 168 Å². The number of rotatable bonds is 39. The lowest BCUT2D eigenvalue weighted by molar-refractivity contribution is -0.146. The fourth-order valence-corrected chi connectivity index (χ4v) is 12.4. The van der Waals surface area contributed by atoms with Crippen LogP contribution in [-0.4, -0.2) is 166 Å². The minimum absolute atomic E-state index is 0.0989. The number of hydroxylamine groups is 2. The summed E-state index contributed by atoms with van der Waals surface area (Å²) in [5, 5.41) is 46.4. The van der Waals surface area contributed by atoms with E-state index in [1.54, 1.807) is 17.9 Å². The van der Waals surface area contributed by atoms with Crippen LogP contribution in [0.5, 0.6) is 0 Å². The van der Waals surface area contributed by atoms with Gasteiger partial charge >= 0.3 is 23.9 Å². The minimum atomic E-state index is -0.556. The van der Waals surface area contributed by atoms with Crippen molar-refractivity contribution in [3.63, 3.8) is 0 Å². The lowest BCUT2D eigenvalue weighted by Crippen LogP contribution is -2.42. The van der Waals surface area contributed by atoms with Crippen LogP contribution in [0.1, 0.15) is 159 Å². The van der Waals surface area contributed by atoms with E-state index in [2.05, 4.69) is 81.3 Å². The molecule has 758 valence electrons. The summed E-state index contributed by atoms with van der Waals surface area (Å²) < 4.78 is 14.4. The maximum Gasteiger partial charge on any atom is 0.315 e. The number of methoxy groups -OCH3 is 3. The molecule has 14 N–H and O–H groups in total. The number of Topliss-reactive ketones (excluding diaryl/α,β-unsaturated/α-hetero) is 1. The fourth-order valence-electron chi connectivity index (χ4n) is 12.4. The molecule has 0 fully saturated rings. The van der Waals surface area contributed by atoms with E-state index in [9.17, 15) is 38.4 Å². The van der Waals surface area contributed by atoms with E-state index in [0.717, 1.165) is 82.4 Å². The smallest absolute Gasteiger partial charge is 0.315 e. The highest BCUT2D eigenvalue weighted by Crippen LogP contribution is 2.16. The third kappa shape index (κ3) is 70.0. The molecular weight excluding hydrogens is 1740 g/mol. The van der Waals surface area contributed by atoms with Crippen LogP contribution in [0, 0.1) is 29.6 Å². The van der Waals surface area contributed by atoms with Gasteiger partial charge in [-0.25, -0.2) is 15.8 Å². The second kappa shape index (κ2) is 94.6. The van der Waals surface area contributed by atoms with E-state index in [4.69, 9.17) is 40.8 Å². The van der Waals surface area contributed by atoms with Crippen LogP contribution in [0.3, 0.4) is 0 Å². The Hall–Kier alpha value is -12.7. The number of urea groups is 1. The van der Waals surface area contributed by atoms with Crippen LogP contribution in [0.2, 0.25) is 0 Å². The van der Waals surface area contributed by atoms with E-state index in [-0.39, 0.29) is 78.3 Å². The van der Waals surface area contributed by atoms with Crippen molar-refractivity contribution in [2.75, 3.05) is 86.8 Å². The predicted octanol–water partition coefficient (Wildman–Crippen LogP) is 18.1. The number of carbonyl (C=O) groups excluding carboxylic acids is 9. The molecule has 0 heterocycles. The first-order valence-electron chi connectivity index (χ1n) is 47.8. The van der Waals surface area contributed by atoms with Crippen LogP contribution in [0.25, 0.3) is 0 Å². The molecule has 26 heteroatoms. The first-order chi connectivity index (χ1) is 67.2. The normalized spacial score (nSPS) is 10.6. The van der Waals surface area contributed by atoms with Gasteiger partial charge in [-0.15, -0.1) is 0 Å². The van der Waals surface area contributed by atoms with Crippen LogP contribution in [-0.2, 0) is 117 Å². The molecule has 138 heavy (non-hydrogen) atoms. The quantitative estimate of drug-likeness (QED) is 0.00425. The van der Waals surface area contributed by atoms with Crippen molar-refractivity contribution in [3.8, 4) is 0 Å². The summed E-state index contributed by atoms with van der Waals surface area (Å²) in [5.74, 6) is -3.08. The number of carbonyl (C=O) groups is 9. The van der Waals surface area contributed by atoms with Crippen LogP contribution >= 0.6 is 0 Å². The van der Waals surface area contributed by atoms with Gasteiger partial charge in [-0.05, 0) is 147 Å². The largest absolute Gasteiger partial charge is 0.469 e. The molecule has 0 aliphatic heterocycles. The molecule has 0 saturated carbocycles. The topological polar surface area (TPSA) is 388 Å². The molecule has 5 amide bonds. The number of ketones is 1. The summed E-state index contributed by atoms with van der Waals surface area (Å²) in [6.45, 7) is 37.1. The molecule has 0 saturated heterocycles. The first-order valence-corrected chi connectivity index (χ1v) is 47.8. The molecule has 5 unspecified atom stereocenters. The second-order valence-electron chi connectivity index (χ2n) is 28.9. The summed E-state index contributed by atoms with van der Waals surface area (Å²) in [6.07, 6.45) is 6.40. The maximum atomic E-state index is 12.0. The van der Waals surface area contributed by atoms with Gasteiger partial charge in [0.15, 0.2) is 0 Å². The Morgan fingerprint density at radius 2 is 0.565 bits per heavy atom. The summed E-state index contributed by atoms with van der Waals surface area (Å²) >= 11 is 0. The molecule has 0 spiro atoms. The Morgan fingerprint density at radius 3 is 0.833 bits per heavy atom. The molecule has 26 nitrogen and oxygen atoms in total. The Bertz CT molecular complexity index is 4380. The highest BCUT2D eigenvalue weighted by molar-refractivity contribution is 5.81. The third-order valence-corrected chi connectivity index (χ3v) is 19.3. The van der Waals surface area contributed by atoms with Gasteiger partial charge in [-0.3, -0.25) is 54.4 Å². The predicted molar refractivity (Wildman–Crippen MR) is 558 cm³/mol. The number of nitrogens with two attached hydrogens (primary N) is 1. The van der Waals surface area contributed by atoms with Gasteiger partial charge in [0.05, 0.1) is 57.3 Å². The zero-order valence-electron chi connectivity index (χ0n) is 85.2. The summed E-state index contributed by atoms with van der Waals surface area (Å²) in [4.78, 5) is 104. The van der Waals surface area contributed by atoms with Gasteiger partial charge in [-0.1, -0.05) is 399 Å². The summed E-state index contributed by atoms with van der Waals surface area (Å²) in [5.41, 5.74) is 20.6. The van der Waals surface area contributed by atoms with Gasteiger partial charge in [0.25, 0.3) is 0 Å². The van der Waals surface area contributed by atoms with E-state index in [0.29, 0.717) is 71.1 Å². The van der Waals surface area contributed by atoms with Crippen molar-refractivity contribution >= 4 is 53.7 Å². The summed E-state index contributed by atoms with van der Waals surface area (Å²) in [6, 6.07) is 97.8. The number of nitrogens with one attached hydrogen (secondary N) is 8. The maximum absolute atomic E-state index is 12.0. The monoisotopic (exact) mass is 1910 g/mol. The van der Waals surface area contributed by atoms with Crippen LogP contribution < -0.4 is 48.9 Å². The first kappa shape index (κ1) is 132. The average Bonchev–Trinajstić information content (AvgIpc) is 0.907. The van der Waals surface area contributed by atoms with Crippen molar-refractivity contribution < 1.29 is 78.2 Å². The number of ether oxygens (including phenoxy) is 3. The zero-order chi connectivity index (χ0) is 104. The number of hydrogen-bond acceptors (Lipinski definition) is 21. The fraction of sp³-hybridized carbons (Fsp3) is 0.384. The number of nitrogens with zero attached hydrogens (tertiary/aromatic N) is 1.